The lowest BCUT2D eigenvalue weighted by Gasteiger charge is -2.12. The number of rotatable bonds is 6. The van der Waals surface area contributed by atoms with Crippen molar-refractivity contribution in [2.24, 2.45) is 5.73 Å². The van der Waals surface area contributed by atoms with Crippen molar-refractivity contribution in [1.29, 1.82) is 5.26 Å². The van der Waals surface area contributed by atoms with Gasteiger partial charge < -0.3 is 20.7 Å². The van der Waals surface area contributed by atoms with Crippen LogP contribution in [0.3, 0.4) is 0 Å². The van der Waals surface area contributed by atoms with Crippen molar-refractivity contribution < 1.29 is 19.7 Å². The average Bonchev–Trinajstić information content (AvgIpc) is 2.74. The number of aliphatic hydroxyl groups is 2. The summed E-state index contributed by atoms with van der Waals surface area (Å²) in [6.45, 7) is -0.487. The second-order valence-electron chi connectivity index (χ2n) is 6.00. The van der Waals surface area contributed by atoms with E-state index in [4.69, 9.17) is 20.8 Å². The molecular formula is C21H17N3O4. The van der Waals surface area contributed by atoms with E-state index in [1.165, 1.54) is 6.07 Å². The fraction of sp³-hybridized carbons (Fsp3) is 0.0952. The summed E-state index contributed by atoms with van der Waals surface area (Å²) in [6, 6.07) is 18.7. The van der Waals surface area contributed by atoms with Gasteiger partial charge in [0.05, 0.1) is 23.9 Å². The second kappa shape index (κ2) is 8.31. The lowest BCUT2D eigenvalue weighted by Crippen LogP contribution is -2.15. The van der Waals surface area contributed by atoms with Crippen LogP contribution in [0.4, 0.5) is 0 Å². The van der Waals surface area contributed by atoms with Gasteiger partial charge in [0, 0.05) is 5.56 Å². The zero-order valence-corrected chi connectivity index (χ0v) is 14.7. The van der Waals surface area contributed by atoms with Crippen molar-refractivity contribution in [3.8, 4) is 28.8 Å². The van der Waals surface area contributed by atoms with Gasteiger partial charge in [0.1, 0.15) is 23.3 Å². The van der Waals surface area contributed by atoms with Crippen molar-refractivity contribution >= 4 is 5.91 Å². The van der Waals surface area contributed by atoms with Crippen LogP contribution in [0.5, 0.6) is 11.5 Å². The number of amides is 1. The summed E-state index contributed by atoms with van der Waals surface area (Å²) < 4.78 is 5.73. The third-order valence-corrected chi connectivity index (χ3v) is 4.03. The minimum absolute atomic E-state index is 0.00194. The average molecular weight is 375 g/mol. The molecule has 0 saturated heterocycles. The van der Waals surface area contributed by atoms with Crippen molar-refractivity contribution in [3.05, 3.63) is 77.5 Å². The minimum Gasteiger partial charge on any atom is -0.457 e. The van der Waals surface area contributed by atoms with E-state index in [0.717, 1.165) is 0 Å². The third-order valence-electron chi connectivity index (χ3n) is 4.03. The van der Waals surface area contributed by atoms with Crippen molar-refractivity contribution in [1.82, 2.24) is 4.98 Å². The molecule has 0 bridgehead atoms. The van der Waals surface area contributed by atoms with Crippen LogP contribution in [0.1, 0.15) is 27.7 Å². The Bertz CT molecular complexity index is 1030. The molecule has 2 aromatic carbocycles. The molecule has 140 valence electrons. The zero-order valence-electron chi connectivity index (χ0n) is 14.7. The first kappa shape index (κ1) is 19.0. The minimum atomic E-state index is -1.14. The maximum atomic E-state index is 11.5. The summed E-state index contributed by atoms with van der Waals surface area (Å²) in [5.41, 5.74) is 7.32. The molecule has 3 rings (SSSR count). The Balaban J connectivity index is 1.87. The Morgan fingerprint density at radius 2 is 1.71 bits per heavy atom. The Labute approximate surface area is 161 Å². The third kappa shape index (κ3) is 4.32. The number of nitrogens with two attached hydrogens (primary N) is 1. The van der Waals surface area contributed by atoms with Gasteiger partial charge in [0.15, 0.2) is 0 Å². The highest BCUT2D eigenvalue weighted by Crippen LogP contribution is 2.27. The molecular weight excluding hydrogens is 358 g/mol. The zero-order chi connectivity index (χ0) is 20.1. The number of carbonyl (C=O) groups is 1. The first-order valence-electron chi connectivity index (χ1n) is 8.39. The molecule has 28 heavy (non-hydrogen) atoms. The summed E-state index contributed by atoms with van der Waals surface area (Å²) in [7, 11) is 0. The van der Waals surface area contributed by atoms with Gasteiger partial charge >= 0.3 is 0 Å². The van der Waals surface area contributed by atoms with E-state index in [1.807, 2.05) is 6.07 Å². The predicted octanol–water partition coefficient (Wildman–Crippen LogP) is 2.54. The van der Waals surface area contributed by atoms with Crippen LogP contribution in [0.25, 0.3) is 11.3 Å². The van der Waals surface area contributed by atoms with Gasteiger partial charge in [-0.25, -0.2) is 4.98 Å². The maximum absolute atomic E-state index is 11.5. The molecule has 0 unspecified atom stereocenters. The quantitative estimate of drug-likeness (QED) is 0.607. The van der Waals surface area contributed by atoms with Gasteiger partial charge in [-0.2, -0.15) is 5.26 Å². The SMILES string of the molecule is N#Cc1ccc(Oc2ccc(-c3cc([C@H](O)CO)cc(C(N)=O)n3)cc2)cc1. The molecule has 0 aliphatic carbocycles. The van der Waals surface area contributed by atoms with Crippen LogP contribution in [0.15, 0.2) is 60.7 Å². The number of ether oxygens (including phenoxy) is 1. The summed E-state index contributed by atoms with van der Waals surface area (Å²) in [5, 5.41) is 27.9. The molecule has 0 spiro atoms. The van der Waals surface area contributed by atoms with E-state index in [9.17, 15) is 9.90 Å². The van der Waals surface area contributed by atoms with Crippen LogP contribution in [0.2, 0.25) is 0 Å². The number of benzene rings is 2. The fourth-order valence-electron chi connectivity index (χ4n) is 2.55. The van der Waals surface area contributed by atoms with Crippen LogP contribution in [-0.4, -0.2) is 27.7 Å². The highest BCUT2D eigenvalue weighted by atomic mass is 16.5. The smallest absolute Gasteiger partial charge is 0.267 e. The van der Waals surface area contributed by atoms with Crippen molar-refractivity contribution in [2.45, 2.75) is 6.10 Å². The first-order valence-corrected chi connectivity index (χ1v) is 8.39. The first-order chi connectivity index (χ1) is 13.5. The van der Waals surface area contributed by atoms with E-state index in [2.05, 4.69) is 4.98 Å². The van der Waals surface area contributed by atoms with Crippen LogP contribution >= 0.6 is 0 Å². The number of primary amides is 1. The van der Waals surface area contributed by atoms with Gasteiger partial charge in [0.25, 0.3) is 5.91 Å². The standard InChI is InChI=1S/C21H17N3O4/c22-11-13-1-5-16(6-2-13)28-17-7-3-14(4-8-17)18-9-15(20(26)12-25)10-19(24-18)21(23)27/h1-10,20,25-26H,12H2,(H2,23,27)/t20-/m1/s1. The lowest BCUT2D eigenvalue weighted by atomic mass is 10.0. The highest BCUT2D eigenvalue weighted by Gasteiger charge is 2.14. The molecule has 7 nitrogen and oxygen atoms in total. The largest absolute Gasteiger partial charge is 0.457 e. The maximum Gasteiger partial charge on any atom is 0.267 e. The lowest BCUT2D eigenvalue weighted by molar-refractivity contribution is 0.0948. The van der Waals surface area contributed by atoms with Gasteiger partial charge in [-0.15, -0.1) is 0 Å². The number of hydrogen-bond acceptors (Lipinski definition) is 6. The highest BCUT2D eigenvalue weighted by molar-refractivity contribution is 5.91. The summed E-state index contributed by atoms with van der Waals surface area (Å²) in [6.07, 6.45) is -1.14. The molecule has 7 heteroatoms. The van der Waals surface area contributed by atoms with Crippen molar-refractivity contribution in [3.63, 3.8) is 0 Å². The monoisotopic (exact) mass is 375 g/mol. The molecule has 0 fully saturated rings. The molecule has 1 amide bonds. The van der Waals surface area contributed by atoms with E-state index < -0.39 is 18.6 Å². The number of aromatic nitrogens is 1. The molecule has 0 aliphatic heterocycles. The Kier molecular flexibility index (Phi) is 5.65. The van der Waals surface area contributed by atoms with Crippen molar-refractivity contribution in [2.75, 3.05) is 6.61 Å². The number of hydrogen-bond donors (Lipinski definition) is 3. The topological polar surface area (TPSA) is 129 Å². The van der Waals surface area contributed by atoms with Crippen LogP contribution < -0.4 is 10.5 Å². The number of nitrogens with zero attached hydrogens (tertiary/aromatic N) is 2. The number of aliphatic hydroxyl groups excluding tert-OH is 2. The Hall–Kier alpha value is -3.73. The number of pyridine rings is 1. The van der Waals surface area contributed by atoms with E-state index in [-0.39, 0.29) is 5.69 Å². The van der Waals surface area contributed by atoms with Gasteiger partial charge in [-0.1, -0.05) is 0 Å². The molecule has 1 aromatic heterocycles. The van der Waals surface area contributed by atoms with Gasteiger partial charge in [0.2, 0.25) is 0 Å². The molecule has 0 aliphatic rings. The summed E-state index contributed by atoms with van der Waals surface area (Å²) in [5.74, 6) is 0.443. The summed E-state index contributed by atoms with van der Waals surface area (Å²) in [4.78, 5) is 15.7. The molecule has 1 atom stereocenters. The van der Waals surface area contributed by atoms with Crippen LogP contribution in [-0.2, 0) is 0 Å². The second-order valence-corrected chi connectivity index (χ2v) is 6.00. The fourth-order valence-corrected chi connectivity index (χ4v) is 2.55. The summed E-state index contributed by atoms with van der Waals surface area (Å²) >= 11 is 0. The van der Waals surface area contributed by atoms with E-state index in [1.54, 1.807) is 54.6 Å². The molecule has 4 N–H and O–H groups in total. The normalized spacial score (nSPS) is 11.5. The molecule has 0 radical (unpaired) electrons. The van der Waals surface area contributed by atoms with E-state index >= 15 is 0 Å². The van der Waals surface area contributed by atoms with Gasteiger partial charge in [-0.3, -0.25) is 4.79 Å². The van der Waals surface area contributed by atoms with Crippen LogP contribution in [0, 0.1) is 11.3 Å². The Morgan fingerprint density at radius 3 is 2.25 bits per heavy atom. The number of carbonyl (C=O) groups excluding carboxylic acids is 1. The predicted molar refractivity (Wildman–Crippen MR) is 101 cm³/mol. The van der Waals surface area contributed by atoms with Gasteiger partial charge in [-0.05, 0) is 66.2 Å². The Morgan fingerprint density at radius 1 is 1.11 bits per heavy atom. The molecule has 1 heterocycles. The number of nitriles is 1. The molecule has 0 saturated carbocycles. The molecule has 3 aromatic rings. The van der Waals surface area contributed by atoms with E-state index in [0.29, 0.717) is 33.9 Å².